The maximum absolute atomic E-state index is 5.99. The Hall–Kier alpha value is -0.710. The van der Waals surface area contributed by atoms with Crippen molar-refractivity contribution in [2.75, 3.05) is 37.3 Å². The van der Waals surface area contributed by atoms with E-state index >= 15 is 0 Å². The van der Waals surface area contributed by atoms with Gasteiger partial charge in [0, 0.05) is 48.4 Å². The monoisotopic (exact) mass is 277 g/mol. The van der Waals surface area contributed by atoms with E-state index in [2.05, 4.69) is 34.3 Å². The smallest absolute Gasteiger partial charge is 0.0424 e. The van der Waals surface area contributed by atoms with E-state index in [1.807, 2.05) is 0 Å². The largest absolute Gasteiger partial charge is 0.368 e. The number of benzene rings is 1. The first-order valence-corrected chi connectivity index (χ1v) is 8.41. The number of fused-ring (bicyclic) bond motifs is 1. The van der Waals surface area contributed by atoms with Gasteiger partial charge >= 0.3 is 0 Å². The van der Waals surface area contributed by atoms with E-state index in [1.54, 1.807) is 11.8 Å². The molecule has 104 valence electrons. The molecule has 3 nitrogen and oxygen atoms in total. The lowest BCUT2D eigenvalue weighted by Gasteiger charge is -2.39. The molecule has 2 aliphatic heterocycles. The van der Waals surface area contributed by atoms with Gasteiger partial charge in [0.25, 0.3) is 0 Å². The van der Waals surface area contributed by atoms with Crippen LogP contribution in [-0.2, 0) is 6.54 Å². The van der Waals surface area contributed by atoms with Crippen molar-refractivity contribution >= 4 is 17.4 Å². The molecule has 0 aliphatic carbocycles. The van der Waals surface area contributed by atoms with Gasteiger partial charge in [0.15, 0.2) is 0 Å². The second kappa shape index (κ2) is 5.73. The Morgan fingerprint density at radius 2 is 2.21 bits per heavy atom. The summed E-state index contributed by atoms with van der Waals surface area (Å²) in [7, 11) is 0. The fraction of sp³-hybridized carbons (Fsp3) is 0.600. The normalized spacial score (nSPS) is 23.7. The molecule has 1 unspecified atom stereocenters. The standard InChI is InChI=1S/C15H23N3S/c1-19-15-6-2-5-14(13(15)10-16)18-9-8-17-7-3-4-12(17)11-18/h2,5-6,12H,3-4,7-11,16H2,1H3. The van der Waals surface area contributed by atoms with Gasteiger partial charge in [-0.2, -0.15) is 0 Å². The van der Waals surface area contributed by atoms with Crippen molar-refractivity contribution in [2.24, 2.45) is 5.73 Å². The molecule has 0 saturated carbocycles. The first-order chi connectivity index (χ1) is 9.33. The average molecular weight is 277 g/mol. The van der Waals surface area contributed by atoms with Gasteiger partial charge in [0.2, 0.25) is 0 Å². The minimum atomic E-state index is 0.636. The molecule has 0 amide bonds. The molecule has 1 atom stereocenters. The van der Waals surface area contributed by atoms with Gasteiger partial charge in [-0.3, -0.25) is 4.90 Å². The predicted molar refractivity (Wildman–Crippen MR) is 82.9 cm³/mol. The van der Waals surface area contributed by atoms with Crippen LogP contribution in [0.15, 0.2) is 23.1 Å². The van der Waals surface area contributed by atoms with Crippen LogP contribution >= 0.6 is 11.8 Å². The zero-order chi connectivity index (χ0) is 13.2. The van der Waals surface area contributed by atoms with E-state index in [0.717, 1.165) is 12.6 Å². The van der Waals surface area contributed by atoms with E-state index in [4.69, 9.17) is 5.73 Å². The van der Waals surface area contributed by atoms with Crippen molar-refractivity contribution in [1.82, 2.24) is 4.90 Å². The summed E-state index contributed by atoms with van der Waals surface area (Å²) >= 11 is 1.80. The Kier molecular flexibility index (Phi) is 4.01. The van der Waals surface area contributed by atoms with E-state index in [-0.39, 0.29) is 0 Å². The maximum atomic E-state index is 5.99. The highest BCUT2D eigenvalue weighted by Crippen LogP contribution is 2.32. The third-order valence-electron chi connectivity index (χ3n) is 4.46. The Bertz CT molecular complexity index is 449. The minimum absolute atomic E-state index is 0.636. The number of anilines is 1. The summed E-state index contributed by atoms with van der Waals surface area (Å²) in [5.41, 5.74) is 8.67. The summed E-state index contributed by atoms with van der Waals surface area (Å²) in [5, 5.41) is 0. The zero-order valence-corrected chi connectivity index (χ0v) is 12.5. The third kappa shape index (κ3) is 2.49. The summed E-state index contributed by atoms with van der Waals surface area (Å²) in [5.74, 6) is 0. The first-order valence-electron chi connectivity index (χ1n) is 7.18. The van der Waals surface area contributed by atoms with E-state index in [9.17, 15) is 0 Å². The lowest BCUT2D eigenvalue weighted by atomic mass is 10.1. The molecule has 2 aliphatic rings. The molecule has 2 fully saturated rings. The predicted octanol–water partition coefficient (Wildman–Crippen LogP) is 2.15. The molecule has 0 aromatic heterocycles. The number of hydrogen-bond acceptors (Lipinski definition) is 4. The Morgan fingerprint density at radius 1 is 1.32 bits per heavy atom. The number of thioether (sulfide) groups is 1. The van der Waals surface area contributed by atoms with Crippen molar-refractivity contribution in [1.29, 1.82) is 0 Å². The summed E-state index contributed by atoms with van der Waals surface area (Å²) in [4.78, 5) is 6.53. The molecule has 0 radical (unpaired) electrons. The first kappa shape index (κ1) is 13.3. The number of piperazine rings is 1. The van der Waals surface area contributed by atoms with Crippen LogP contribution in [0.3, 0.4) is 0 Å². The lowest BCUT2D eigenvalue weighted by molar-refractivity contribution is 0.231. The van der Waals surface area contributed by atoms with Crippen LogP contribution in [0.1, 0.15) is 18.4 Å². The fourth-order valence-corrected chi connectivity index (χ4v) is 4.11. The average Bonchev–Trinajstić information content (AvgIpc) is 2.93. The molecule has 2 heterocycles. The van der Waals surface area contributed by atoms with Crippen LogP contribution in [0.25, 0.3) is 0 Å². The second-order valence-electron chi connectivity index (χ2n) is 5.44. The molecular formula is C15H23N3S. The highest BCUT2D eigenvalue weighted by atomic mass is 32.2. The van der Waals surface area contributed by atoms with Gasteiger partial charge in [-0.1, -0.05) is 6.07 Å². The fourth-order valence-electron chi connectivity index (χ4n) is 3.46. The number of rotatable bonds is 3. The molecule has 1 aromatic rings. The van der Waals surface area contributed by atoms with Gasteiger partial charge in [-0.25, -0.2) is 0 Å². The molecule has 1 aromatic carbocycles. The number of nitrogens with zero attached hydrogens (tertiary/aromatic N) is 2. The molecule has 0 spiro atoms. The number of nitrogens with two attached hydrogens (primary N) is 1. The number of hydrogen-bond donors (Lipinski definition) is 1. The van der Waals surface area contributed by atoms with Gasteiger partial charge < -0.3 is 10.6 Å². The van der Waals surface area contributed by atoms with E-state index in [0.29, 0.717) is 6.54 Å². The Balaban J connectivity index is 1.85. The molecule has 4 heteroatoms. The van der Waals surface area contributed by atoms with Gasteiger partial charge in [0.05, 0.1) is 0 Å². The molecule has 2 saturated heterocycles. The van der Waals surface area contributed by atoms with Gasteiger partial charge in [-0.15, -0.1) is 11.8 Å². The van der Waals surface area contributed by atoms with Crippen molar-refractivity contribution in [3.05, 3.63) is 23.8 Å². The minimum Gasteiger partial charge on any atom is -0.368 e. The topological polar surface area (TPSA) is 32.5 Å². The van der Waals surface area contributed by atoms with Crippen LogP contribution in [0.2, 0.25) is 0 Å². The molecule has 19 heavy (non-hydrogen) atoms. The van der Waals surface area contributed by atoms with Crippen LogP contribution in [-0.4, -0.2) is 43.4 Å². The summed E-state index contributed by atoms with van der Waals surface area (Å²) < 4.78 is 0. The molecular weight excluding hydrogens is 254 g/mol. The molecule has 0 bridgehead atoms. The van der Waals surface area contributed by atoms with Gasteiger partial charge in [-0.05, 0) is 37.8 Å². The summed E-state index contributed by atoms with van der Waals surface area (Å²) in [6, 6.07) is 7.35. The summed E-state index contributed by atoms with van der Waals surface area (Å²) in [6.45, 7) is 5.45. The SMILES string of the molecule is CSc1cccc(N2CCN3CCCC3C2)c1CN. The zero-order valence-electron chi connectivity index (χ0n) is 11.6. The van der Waals surface area contributed by atoms with Crippen LogP contribution < -0.4 is 10.6 Å². The van der Waals surface area contributed by atoms with Gasteiger partial charge in [0.1, 0.15) is 0 Å². The van der Waals surface area contributed by atoms with E-state index < -0.39 is 0 Å². The quantitative estimate of drug-likeness (QED) is 0.858. The maximum Gasteiger partial charge on any atom is 0.0424 e. The molecule has 3 rings (SSSR count). The Labute approximate surface area is 120 Å². The van der Waals surface area contributed by atoms with Crippen molar-refractivity contribution in [2.45, 2.75) is 30.3 Å². The highest BCUT2D eigenvalue weighted by Gasteiger charge is 2.31. The highest BCUT2D eigenvalue weighted by molar-refractivity contribution is 7.98. The van der Waals surface area contributed by atoms with Crippen molar-refractivity contribution in [3.8, 4) is 0 Å². The summed E-state index contributed by atoms with van der Waals surface area (Å²) in [6.07, 6.45) is 4.86. The van der Waals surface area contributed by atoms with E-state index in [1.165, 1.54) is 48.6 Å². The van der Waals surface area contributed by atoms with Crippen molar-refractivity contribution in [3.63, 3.8) is 0 Å². The van der Waals surface area contributed by atoms with Crippen molar-refractivity contribution < 1.29 is 0 Å². The van der Waals surface area contributed by atoms with Crippen LogP contribution in [0.4, 0.5) is 5.69 Å². The third-order valence-corrected chi connectivity index (χ3v) is 5.28. The molecule has 2 N–H and O–H groups in total. The van der Waals surface area contributed by atoms with Crippen LogP contribution in [0, 0.1) is 0 Å². The second-order valence-corrected chi connectivity index (χ2v) is 6.29. The van der Waals surface area contributed by atoms with Crippen LogP contribution in [0.5, 0.6) is 0 Å². The Morgan fingerprint density at radius 3 is 3.00 bits per heavy atom. The lowest BCUT2D eigenvalue weighted by Crippen LogP contribution is -2.50.